The molecule has 1 aromatic heterocycles. The van der Waals surface area contributed by atoms with Gasteiger partial charge in [0, 0.05) is 28.8 Å². The maximum Gasteiger partial charge on any atom is 0.280 e. The fourth-order valence-electron chi connectivity index (χ4n) is 0.469. The Bertz CT molecular complexity index is 229. The average Bonchev–Trinajstić information content (AvgIpc) is 1.88. The molecule has 0 saturated heterocycles. The van der Waals surface area contributed by atoms with Gasteiger partial charge in [0.05, 0.1) is 0 Å². The first kappa shape index (κ1) is 7.77. The van der Waals surface area contributed by atoms with Gasteiger partial charge in [-0.1, -0.05) is 0 Å². The van der Waals surface area contributed by atoms with Crippen LogP contribution in [0.3, 0.4) is 0 Å². The standard InChI is InChI=1S/C5H3F2IN2/c6-4(7)3-1-2-9-5(8)10-3/h1-2,4H. The predicted molar refractivity (Wildman–Crippen MR) is 39.7 cm³/mol. The summed E-state index contributed by atoms with van der Waals surface area (Å²) < 4.78 is 24.0. The van der Waals surface area contributed by atoms with Crippen LogP contribution in [0.4, 0.5) is 8.78 Å². The van der Waals surface area contributed by atoms with Crippen molar-refractivity contribution in [3.63, 3.8) is 0 Å². The number of rotatable bonds is 1. The minimum atomic E-state index is -2.50. The highest BCUT2D eigenvalue weighted by Crippen LogP contribution is 2.15. The van der Waals surface area contributed by atoms with Crippen molar-refractivity contribution >= 4 is 22.6 Å². The lowest BCUT2D eigenvalue weighted by molar-refractivity contribution is 0.145. The van der Waals surface area contributed by atoms with E-state index in [2.05, 4.69) is 9.97 Å². The van der Waals surface area contributed by atoms with E-state index >= 15 is 0 Å². The number of hydrogen-bond acceptors (Lipinski definition) is 2. The lowest BCUT2D eigenvalue weighted by atomic mass is 10.4. The van der Waals surface area contributed by atoms with Crippen molar-refractivity contribution < 1.29 is 8.78 Å². The number of halogens is 3. The summed E-state index contributed by atoms with van der Waals surface area (Å²) in [6.45, 7) is 0. The number of alkyl halides is 2. The molecule has 0 aliphatic rings. The van der Waals surface area contributed by atoms with Crippen LogP contribution in [0.25, 0.3) is 0 Å². The molecule has 1 rings (SSSR count). The van der Waals surface area contributed by atoms with Gasteiger partial charge >= 0.3 is 0 Å². The highest BCUT2D eigenvalue weighted by molar-refractivity contribution is 14.1. The van der Waals surface area contributed by atoms with Gasteiger partial charge in [0.1, 0.15) is 5.69 Å². The largest absolute Gasteiger partial charge is 0.280 e. The molecule has 0 spiro atoms. The quantitative estimate of drug-likeness (QED) is 0.567. The average molecular weight is 256 g/mol. The van der Waals surface area contributed by atoms with Crippen LogP contribution in [-0.2, 0) is 0 Å². The number of hydrogen-bond donors (Lipinski definition) is 0. The van der Waals surface area contributed by atoms with E-state index in [4.69, 9.17) is 0 Å². The van der Waals surface area contributed by atoms with Crippen molar-refractivity contribution in [2.45, 2.75) is 6.43 Å². The van der Waals surface area contributed by atoms with Crippen molar-refractivity contribution in [3.05, 3.63) is 21.8 Å². The summed E-state index contributed by atoms with van der Waals surface area (Å²) in [5.74, 6) is 0. The van der Waals surface area contributed by atoms with Crippen molar-refractivity contribution in [1.82, 2.24) is 9.97 Å². The minimum Gasteiger partial charge on any atom is -0.232 e. The van der Waals surface area contributed by atoms with Crippen LogP contribution in [-0.4, -0.2) is 9.97 Å². The smallest absolute Gasteiger partial charge is 0.232 e. The molecule has 1 aromatic rings. The Labute approximate surface area is 69.8 Å². The Morgan fingerprint density at radius 2 is 2.20 bits per heavy atom. The SMILES string of the molecule is FC(F)c1ccnc(I)n1. The van der Waals surface area contributed by atoms with E-state index in [1.165, 1.54) is 12.3 Å². The van der Waals surface area contributed by atoms with Crippen molar-refractivity contribution in [2.24, 2.45) is 0 Å². The Kier molecular flexibility index (Phi) is 2.47. The van der Waals surface area contributed by atoms with Gasteiger partial charge in [-0.3, -0.25) is 0 Å². The molecule has 0 aliphatic heterocycles. The summed E-state index contributed by atoms with van der Waals surface area (Å²) in [7, 11) is 0. The van der Waals surface area contributed by atoms with E-state index < -0.39 is 6.43 Å². The topological polar surface area (TPSA) is 25.8 Å². The van der Waals surface area contributed by atoms with E-state index in [0.717, 1.165) is 0 Å². The summed E-state index contributed by atoms with van der Waals surface area (Å²) in [5, 5.41) is 0. The zero-order valence-electron chi connectivity index (χ0n) is 4.76. The predicted octanol–water partition coefficient (Wildman–Crippen LogP) is 2.02. The van der Waals surface area contributed by atoms with Crippen LogP contribution >= 0.6 is 22.6 Å². The molecule has 0 aromatic carbocycles. The Balaban J connectivity index is 2.96. The van der Waals surface area contributed by atoms with Gasteiger partial charge in [0.2, 0.25) is 0 Å². The van der Waals surface area contributed by atoms with Crippen molar-refractivity contribution in [3.8, 4) is 0 Å². The molecular formula is C5H3F2IN2. The van der Waals surface area contributed by atoms with Gasteiger partial charge in [-0.15, -0.1) is 0 Å². The maximum atomic E-state index is 11.9. The first-order valence-electron chi connectivity index (χ1n) is 2.47. The molecule has 5 heteroatoms. The molecule has 0 saturated carbocycles. The van der Waals surface area contributed by atoms with E-state index in [0.29, 0.717) is 3.83 Å². The third-order valence-corrected chi connectivity index (χ3v) is 1.39. The van der Waals surface area contributed by atoms with Crippen molar-refractivity contribution in [2.75, 3.05) is 0 Å². The molecule has 0 fully saturated rings. The number of aromatic nitrogens is 2. The summed E-state index contributed by atoms with van der Waals surface area (Å²) in [5.41, 5.74) is -0.223. The molecule has 0 amide bonds. The molecule has 0 bridgehead atoms. The summed E-state index contributed by atoms with van der Waals surface area (Å²) in [4.78, 5) is 7.16. The fourth-order valence-corrected chi connectivity index (χ4v) is 0.909. The van der Waals surface area contributed by atoms with Crippen LogP contribution in [0.2, 0.25) is 0 Å². The highest BCUT2D eigenvalue weighted by Gasteiger charge is 2.07. The first-order valence-corrected chi connectivity index (χ1v) is 3.54. The zero-order chi connectivity index (χ0) is 7.56. The van der Waals surface area contributed by atoms with E-state index in [1.54, 1.807) is 22.6 Å². The molecule has 10 heavy (non-hydrogen) atoms. The lowest BCUT2D eigenvalue weighted by Crippen LogP contribution is -1.93. The number of nitrogens with zero attached hydrogens (tertiary/aromatic N) is 2. The molecular weight excluding hydrogens is 253 g/mol. The third-order valence-electron chi connectivity index (χ3n) is 0.871. The van der Waals surface area contributed by atoms with Crippen LogP contribution in [0, 0.1) is 3.83 Å². The summed E-state index contributed by atoms with van der Waals surface area (Å²) >= 11 is 1.78. The monoisotopic (exact) mass is 256 g/mol. The van der Waals surface area contributed by atoms with E-state index in [9.17, 15) is 8.78 Å². The fraction of sp³-hybridized carbons (Fsp3) is 0.200. The Morgan fingerprint density at radius 1 is 1.50 bits per heavy atom. The molecule has 2 nitrogen and oxygen atoms in total. The molecule has 0 radical (unpaired) electrons. The Morgan fingerprint density at radius 3 is 2.60 bits per heavy atom. The van der Waals surface area contributed by atoms with Gasteiger partial charge < -0.3 is 0 Å². The second kappa shape index (κ2) is 3.18. The van der Waals surface area contributed by atoms with Crippen LogP contribution in [0.5, 0.6) is 0 Å². The normalized spacial score (nSPS) is 10.4. The van der Waals surface area contributed by atoms with Crippen LogP contribution in [0.1, 0.15) is 12.1 Å². The van der Waals surface area contributed by atoms with E-state index in [1.807, 2.05) is 0 Å². The molecule has 1 heterocycles. The molecule has 54 valence electrons. The molecule has 0 unspecified atom stereocenters. The summed E-state index contributed by atoms with van der Waals surface area (Å²) in [6, 6.07) is 1.20. The van der Waals surface area contributed by atoms with Gasteiger partial charge in [0.25, 0.3) is 6.43 Å². The zero-order valence-corrected chi connectivity index (χ0v) is 6.92. The highest BCUT2D eigenvalue weighted by atomic mass is 127. The van der Waals surface area contributed by atoms with Crippen LogP contribution < -0.4 is 0 Å². The summed E-state index contributed by atoms with van der Waals surface area (Å²) in [6.07, 6.45) is -1.19. The van der Waals surface area contributed by atoms with Crippen molar-refractivity contribution in [1.29, 1.82) is 0 Å². The van der Waals surface area contributed by atoms with Gasteiger partial charge in [-0.05, 0) is 6.07 Å². The van der Waals surface area contributed by atoms with Crippen LogP contribution in [0.15, 0.2) is 12.3 Å². The second-order valence-corrected chi connectivity index (χ2v) is 2.52. The minimum absolute atomic E-state index is 0.223. The maximum absolute atomic E-state index is 11.9. The van der Waals surface area contributed by atoms with Gasteiger partial charge in [-0.25, -0.2) is 18.7 Å². The van der Waals surface area contributed by atoms with Gasteiger partial charge in [0.15, 0.2) is 3.83 Å². The molecule has 0 aliphatic carbocycles. The lowest BCUT2D eigenvalue weighted by Gasteiger charge is -1.95. The third kappa shape index (κ3) is 1.83. The molecule has 0 N–H and O–H groups in total. The van der Waals surface area contributed by atoms with E-state index in [-0.39, 0.29) is 5.69 Å². The second-order valence-electron chi connectivity index (χ2n) is 1.55. The first-order chi connectivity index (χ1) is 4.70. The van der Waals surface area contributed by atoms with Gasteiger partial charge in [-0.2, -0.15) is 0 Å². The Hall–Kier alpha value is -0.330. The molecule has 0 atom stereocenters.